The minimum atomic E-state index is -0.833. The Morgan fingerprint density at radius 2 is 1.33 bits per heavy atom. The van der Waals surface area contributed by atoms with Crippen molar-refractivity contribution in [1.82, 2.24) is 9.97 Å². The van der Waals surface area contributed by atoms with Crippen molar-refractivity contribution in [2.24, 2.45) is 5.73 Å². The summed E-state index contributed by atoms with van der Waals surface area (Å²) in [7, 11) is 0. The molecule has 164 valence electrons. The van der Waals surface area contributed by atoms with Gasteiger partial charge in [0.05, 0.1) is 0 Å². The first-order valence-corrected chi connectivity index (χ1v) is 8.73. The lowest BCUT2D eigenvalue weighted by molar-refractivity contribution is -0.134. The second-order valence-electron chi connectivity index (χ2n) is 6.54. The second kappa shape index (κ2) is 12.3. The summed E-state index contributed by atoms with van der Waals surface area (Å²) in [6.45, 7) is 14.0. The first kappa shape index (κ1) is 28.9. The van der Waals surface area contributed by atoms with Crippen LogP contribution < -0.4 is 5.73 Å². The number of nitrogens with two attached hydrogens (primary N) is 1. The van der Waals surface area contributed by atoms with Crippen molar-refractivity contribution < 1.29 is 19.1 Å². The zero-order chi connectivity index (χ0) is 23.0. The van der Waals surface area contributed by atoms with Crippen molar-refractivity contribution in [1.29, 1.82) is 5.26 Å². The van der Waals surface area contributed by atoms with Gasteiger partial charge in [0.15, 0.2) is 0 Å². The van der Waals surface area contributed by atoms with Gasteiger partial charge in [0.25, 0.3) is 11.9 Å². The number of carboxylic acid groups (broad SMARTS) is 1. The van der Waals surface area contributed by atoms with Crippen molar-refractivity contribution in [2.45, 2.75) is 62.8 Å². The summed E-state index contributed by atoms with van der Waals surface area (Å²) in [4.78, 5) is 27.7. The molecular formula is C22H31FN4O3. The highest BCUT2D eigenvalue weighted by atomic mass is 19.1. The Hall–Kier alpha value is -3.34. The van der Waals surface area contributed by atoms with E-state index >= 15 is 0 Å². The molecule has 7 nitrogen and oxygen atoms in total. The first-order valence-electron chi connectivity index (χ1n) is 8.73. The summed E-state index contributed by atoms with van der Waals surface area (Å²) >= 11 is 0. The summed E-state index contributed by atoms with van der Waals surface area (Å²) in [5.41, 5.74) is 11.8. The second-order valence-corrected chi connectivity index (χ2v) is 6.54. The fourth-order valence-corrected chi connectivity index (χ4v) is 2.29. The highest BCUT2D eigenvalue weighted by molar-refractivity contribution is 5.92. The summed E-state index contributed by atoms with van der Waals surface area (Å²) in [6, 6.07) is 1.85. The number of carbonyl (C=O) groups excluding carboxylic acids is 1. The van der Waals surface area contributed by atoms with Crippen molar-refractivity contribution in [3.8, 4) is 6.07 Å². The molecule has 0 aliphatic heterocycles. The van der Waals surface area contributed by atoms with E-state index < -0.39 is 17.8 Å². The van der Waals surface area contributed by atoms with Gasteiger partial charge in [-0.25, -0.2) is 9.97 Å². The van der Waals surface area contributed by atoms with Gasteiger partial charge in [-0.3, -0.25) is 9.59 Å². The molecule has 2 aromatic rings. The highest BCUT2D eigenvalue weighted by Crippen LogP contribution is 2.17. The normalized spacial score (nSPS) is 9.07. The molecule has 0 spiro atoms. The van der Waals surface area contributed by atoms with Crippen LogP contribution in [0.15, 0.2) is 0 Å². The van der Waals surface area contributed by atoms with Crippen LogP contribution in [-0.2, 0) is 4.79 Å². The summed E-state index contributed by atoms with van der Waals surface area (Å²) < 4.78 is 12.9. The van der Waals surface area contributed by atoms with Crippen molar-refractivity contribution in [2.75, 3.05) is 0 Å². The molecule has 0 radical (unpaired) electrons. The van der Waals surface area contributed by atoms with Gasteiger partial charge in [-0.1, -0.05) is 7.43 Å². The van der Waals surface area contributed by atoms with Gasteiger partial charge in [-0.05, 0) is 76.3 Å². The summed E-state index contributed by atoms with van der Waals surface area (Å²) in [5, 5.41) is 16.0. The maximum atomic E-state index is 12.9. The van der Waals surface area contributed by atoms with E-state index in [0.29, 0.717) is 11.3 Å². The highest BCUT2D eigenvalue weighted by Gasteiger charge is 2.12. The van der Waals surface area contributed by atoms with Gasteiger partial charge in [0.1, 0.15) is 17.5 Å². The van der Waals surface area contributed by atoms with Gasteiger partial charge in [-0.2, -0.15) is 9.65 Å². The van der Waals surface area contributed by atoms with Crippen LogP contribution in [0.2, 0.25) is 0 Å². The first-order chi connectivity index (χ1) is 13.3. The molecule has 0 saturated carbocycles. The molecule has 30 heavy (non-hydrogen) atoms. The predicted octanol–water partition coefficient (Wildman–Crippen LogP) is 4.16. The van der Waals surface area contributed by atoms with E-state index in [0.717, 1.165) is 40.4 Å². The van der Waals surface area contributed by atoms with Crippen molar-refractivity contribution >= 4 is 11.9 Å². The molecule has 0 aromatic carbocycles. The molecule has 0 saturated heterocycles. The fourth-order valence-electron chi connectivity index (χ4n) is 2.29. The third-order valence-corrected chi connectivity index (χ3v) is 4.64. The molecule has 2 aromatic heterocycles. The quantitative estimate of drug-likeness (QED) is 0.669. The predicted molar refractivity (Wildman–Crippen MR) is 115 cm³/mol. The van der Waals surface area contributed by atoms with E-state index in [9.17, 15) is 9.18 Å². The van der Waals surface area contributed by atoms with Gasteiger partial charge in [0.2, 0.25) is 5.95 Å². The number of amides is 1. The molecule has 2 rings (SSSR count). The van der Waals surface area contributed by atoms with Crippen LogP contribution in [0, 0.1) is 65.7 Å². The third-order valence-electron chi connectivity index (χ3n) is 4.64. The number of aliphatic carboxylic acids is 1. The van der Waals surface area contributed by atoms with Crippen LogP contribution in [0.4, 0.5) is 4.39 Å². The molecular weight excluding hydrogens is 387 g/mol. The number of rotatable bonds is 1. The van der Waals surface area contributed by atoms with Gasteiger partial charge in [0, 0.05) is 18.2 Å². The molecule has 8 heteroatoms. The van der Waals surface area contributed by atoms with E-state index in [2.05, 4.69) is 9.97 Å². The molecule has 3 N–H and O–H groups in total. The van der Waals surface area contributed by atoms with E-state index in [1.807, 2.05) is 33.8 Å². The molecule has 0 atom stereocenters. The topological polar surface area (TPSA) is 130 Å². The van der Waals surface area contributed by atoms with Crippen LogP contribution in [-0.4, -0.2) is 27.0 Å². The number of hydrogen-bond acceptors (Lipinski definition) is 5. The fraction of sp³-hybridized carbons (Fsp3) is 0.409. The van der Waals surface area contributed by atoms with E-state index in [1.165, 1.54) is 0 Å². The molecule has 0 aliphatic carbocycles. The van der Waals surface area contributed by atoms with Gasteiger partial charge < -0.3 is 10.8 Å². The van der Waals surface area contributed by atoms with Crippen molar-refractivity contribution in [3.05, 3.63) is 56.4 Å². The molecule has 0 fully saturated rings. The Morgan fingerprint density at radius 1 is 0.900 bits per heavy atom. The number of aromatic nitrogens is 2. The smallest absolute Gasteiger partial charge is 0.300 e. The van der Waals surface area contributed by atoms with Crippen LogP contribution in [0.3, 0.4) is 0 Å². The molecule has 1 amide bonds. The van der Waals surface area contributed by atoms with Crippen LogP contribution in [0.1, 0.15) is 69.6 Å². The molecule has 0 unspecified atom stereocenters. The number of pyridine rings is 2. The Kier molecular flexibility index (Phi) is 11.8. The Balaban J connectivity index is 0. The summed E-state index contributed by atoms with van der Waals surface area (Å²) in [5.74, 6) is -1.83. The maximum Gasteiger partial charge on any atom is 0.300 e. The van der Waals surface area contributed by atoms with E-state index in [1.54, 1.807) is 20.8 Å². The monoisotopic (exact) mass is 418 g/mol. The Morgan fingerprint density at radius 3 is 1.73 bits per heavy atom. The number of nitrogens with zero attached hydrogens (tertiary/aromatic N) is 3. The zero-order valence-corrected chi connectivity index (χ0v) is 18.1. The molecule has 2 heterocycles. The zero-order valence-electron chi connectivity index (χ0n) is 18.1. The van der Waals surface area contributed by atoms with Gasteiger partial charge in [-0.15, -0.1) is 0 Å². The number of primary amides is 1. The lowest BCUT2D eigenvalue weighted by Crippen LogP contribution is -2.17. The van der Waals surface area contributed by atoms with Crippen LogP contribution in [0.5, 0.6) is 0 Å². The lowest BCUT2D eigenvalue weighted by atomic mass is 10.0. The van der Waals surface area contributed by atoms with Crippen LogP contribution >= 0.6 is 0 Å². The molecule has 0 bridgehead atoms. The Bertz CT molecular complexity index is 976. The number of halogens is 1. The maximum absolute atomic E-state index is 12.9. The van der Waals surface area contributed by atoms with Crippen LogP contribution in [0.25, 0.3) is 0 Å². The van der Waals surface area contributed by atoms with E-state index in [-0.39, 0.29) is 13.1 Å². The van der Waals surface area contributed by atoms with Crippen molar-refractivity contribution in [3.63, 3.8) is 0 Å². The number of carboxylic acids is 1. The third kappa shape index (κ3) is 7.59. The summed E-state index contributed by atoms with van der Waals surface area (Å²) in [6.07, 6.45) is 0. The molecule has 0 aliphatic rings. The van der Waals surface area contributed by atoms with Gasteiger partial charge >= 0.3 is 0 Å². The largest absolute Gasteiger partial charge is 0.481 e. The average Bonchev–Trinajstić information content (AvgIpc) is 2.64. The Labute approximate surface area is 177 Å². The minimum Gasteiger partial charge on any atom is -0.481 e. The number of hydrogen-bond donors (Lipinski definition) is 2. The number of carbonyl (C=O) groups is 2. The standard InChI is InChI=1S/C10H14N2O.C9H9FN2.C2H4O2.CH4/c1-5-6(2)8(4)12-9(7(5)3)10(11)13;1-5-6(2)8(4-11)12-9(10)7(5)3;1-2(3)4;/h1-4H3,(H2,11,13);1-3H3;1H3,(H,3,4);1H4. The van der Waals surface area contributed by atoms with E-state index in [4.69, 9.17) is 20.9 Å². The number of nitriles is 1. The average molecular weight is 419 g/mol. The minimum absolute atomic E-state index is 0. The lowest BCUT2D eigenvalue weighted by Gasteiger charge is -2.10. The SMILES string of the molecule is C.CC(=O)O.Cc1c(F)nc(C#N)c(C)c1C.Cc1nc(C(N)=O)c(C)c(C)c1C. The number of aryl methyl sites for hydroxylation is 1.